The lowest BCUT2D eigenvalue weighted by atomic mass is 9.96. The minimum atomic E-state index is -1.07. The largest absolute Gasteiger partial charge is 0.497 e. The number of ether oxygens (including phenoxy) is 2. The van der Waals surface area contributed by atoms with Crippen molar-refractivity contribution < 1.29 is 28.2 Å². The molecule has 3 aromatic rings. The third-order valence-corrected chi connectivity index (χ3v) is 7.24. The van der Waals surface area contributed by atoms with E-state index in [2.05, 4.69) is 10.3 Å². The number of pyridine rings is 1. The van der Waals surface area contributed by atoms with Crippen molar-refractivity contribution in [1.29, 1.82) is 0 Å². The first-order valence-electron chi connectivity index (χ1n) is 12.7. The first-order chi connectivity index (χ1) is 18.9. The van der Waals surface area contributed by atoms with Gasteiger partial charge in [-0.25, -0.2) is 4.39 Å². The number of methoxy groups -OCH3 is 1. The molecule has 3 heterocycles. The molecule has 1 N–H and O–H groups in total. The van der Waals surface area contributed by atoms with E-state index in [0.717, 1.165) is 5.56 Å². The van der Waals surface area contributed by atoms with Crippen molar-refractivity contribution in [3.05, 3.63) is 95.6 Å². The Labute approximate surface area is 225 Å². The van der Waals surface area contributed by atoms with Gasteiger partial charge in [0.2, 0.25) is 5.91 Å². The lowest BCUT2D eigenvalue weighted by molar-refractivity contribution is -0.128. The molecule has 202 valence electrons. The molecule has 10 heteroatoms. The number of benzene rings is 2. The van der Waals surface area contributed by atoms with Crippen LogP contribution in [-0.4, -0.2) is 71.1 Å². The van der Waals surface area contributed by atoms with Gasteiger partial charge in [0.25, 0.3) is 11.8 Å². The average Bonchev–Trinajstić information content (AvgIpc) is 3.35. The fourth-order valence-corrected chi connectivity index (χ4v) is 5.10. The number of aromatic nitrogens is 1. The quantitative estimate of drug-likeness (QED) is 0.524. The number of amides is 3. The van der Waals surface area contributed by atoms with E-state index in [9.17, 15) is 18.8 Å². The lowest BCUT2D eigenvalue weighted by Gasteiger charge is -2.44. The van der Waals surface area contributed by atoms with Crippen LogP contribution in [0.25, 0.3) is 0 Å². The molecule has 39 heavy (non-hydrogen) atoms. The van der Waals surface area contributed by atoms with Crippen LogP contribution in [0, 0.1) is 5.82 Å². The first kappa shape index (κ1) is 26.3. The zero-order valence-electron chi connectivity index (χ0n) is 21.5. The van der Waals surface area contributed by atoms with E-state index in [4.69, 9.17) is 9.47 Å². The maximum atomic E-state index is 13.8. The highest BCUT2D eigenvalue weighted by Crippen LogP contribution is 2.39. The standard InChI is InChI=1S/C29H29FN4O5/c1-38-24-4-2-3-22(17-24)27(36)33-15-11-29(12-16-33)34(28(37)21-5-7-23(30)8-6-21)25(19-39-29)26(35)32-18-20-9-13-31-14-10-20/h2-10,13-14,17,25H,11-12,15-16,18-19H2,1H3,(H,32,35). The van der Waals surface area contributed by atoms with E-state index < -0.39 is 23.5 Å². The molecule has 2 aliphatic heterocycles. The maximum Gasteiger partial charge on any atom is 0.256 e. The van der Waals surface area contributed by atoms with Crippen LogP contribution in [0.4, 0.5) is 4.39 Å². The summed E-state index contributed by atoms with van der Waals surface area (Å²) in [7, 11) is 1.54. The number of hydrogen-bond donors (Lipinski definition) is 1. The predicted octanol–water partition coefficient (Wildman–Crippen LogP) is 3.02. The number of carbonyl (C=O) groups is 3. The summed E-state index contributed by atoms with van der Waals surface area (Å²) in [5, 5.41) is 2.89. The topological polar surface area (TPSA) is 101 Å². The van der Waals surface area contributed by atoms with Crippen LogP contribution in [0.1, 0.15) is 39.1 Å². The Morgan fingerprint density at radius 3 is 2.44 bits per heavy atom. The summed E-state index contributed by atoms with van der Waals surface area (Å²) in [5.41, 5.74) is 0.552. The fraction of sp³-hybridized carbons (Fsp3) is 0.310. The molecule has 1 unspecified atom stereocenters. The molecular formula is C29H29FN4O5. The van der Waals surface area contributed by atoms with Gasteiger partial charge in [-0.15, -0.1) is 0 Å². The van der Waals surface area contributed by atoms with Gasteiger partial charge < -0.3 is 19.7 Å². The molecule has 2 saturated heterocycles. The fourth-order valence-electron chi connectivity index (χ4n) is 5.10. The molecule has 2 aromatic carbocycles. The molecule has 2 aliphatic rings. The normalized spacial score (nSPS) is 18.2. The average molecular weight is 533 g/mol. The molecule has 5 rings (SSSR count). The van der Waals surface area contributed by atoms with Gasteiger partial charge >= 0.3 is 0 Å². The number of nitrogens with zero attached hydrogens (tertiary/aromatic N) is 3. The summed E-state index contributed by atoms with van der Waals surface area (Å²) in [6.07, 6.45) is 3.92. The molecule has 1 atom stereocenters. The summed E-state index contributed by atoms with van der Waals surface area (Å²) in [4.78, 5) is 47.4. The Kier molecular flexibility index (Phi) is 7.56. The van der Waals surface area contributed by atoms with Crippen LogP contribution in [0.3, 0.4) is 0 Å². The van der Waals surface area contributed by atoms with Crippen molar-refractivity contribution in [3.63, 3.8) is 0 Å². The molecule has 3 amide bonds. The van der Waals surface area contributed by atoms with Crippen molar-refractivity contribution in [2.45, 2.75) is 31.2 Å². The second kappa shape index (κ2) is 11.2. The van der Waals surface area contributed by atoms with Gasteiger partial charge in [0.05, 0.1) is 13.7 Å². The second-order valence-electron chi connectivity index (χ2n) is 9.55. The van der Waals surface area contributed by atoms with Gasteiger partial charge in [0, 0.05) is 56.0 Å². The van der Waals surface area contributed by atoms with E-state index in [1.807, 2.05) is 0 Å². The molecule has 9 nitrogen and oxygen atoms in total. The van der Waals surface area contributed by atoms with E-state index in [-0.39, 0.29) is 30.5 Å². The molecule has 1 aromatic heterocycles. The molecule has 0 saturated carbocycles. The monoisotopic (exact) mass is 532 g/mol. The maximum absolute atomic E-state index is 13.8. The first-order valence-corrected chi connectivity index (χ1v) is 12.7. The number of hydrogen-bond acceptors (Lipinski definition) is 6. The van der Waals surface area contributed by atoms with Gasteiger partial charge in [-0.1, -0.05) is 6.07 Å². The van der Waals surface area contributed by atoms with Crippen molar-refractivity contribution in [1.82, 2.24) is 20.1 Å². The van der Waals surface area contributed by atoms with Gasteiger partial charge in [-0.2, -0.15) is 0 Å². The van der Waals surface area contributed by atoms with Crippen LogP contribution >= 0.6 is 0 Å². The summed E-state index contributed by atoms with van der Waals surface area (Å²) in [5.74, 6) is -0.803. The van der Waals surface area contributed by atoms with Crippen LogP contribution in [0.2, 0.25) is 0 Å². The Balaban J connectivity index is 1.35. The smallest absolute Gasteiger partial charge is 0.256 e. The van der Waals surface area contributed by atoms with E-state index in [1.165, 1.54) is 29.2 Å². The number of likely N-dealkylation sites (tertiary alicyclic amines) is 1. The highest BCUT2D eigenvalue weighted by molar-refractivity contribution is 5.98. The number of nitrogens with one attached hydrogen (secondary N) is 1. The van der Waals surface area contributed by atoms with E-state index in [0.29, 0.717) is 37.2 Å². The molecule has 0 radical (unpaired) electrons. The summed E-state index contributed by atoms with van der Waals surface area (Å²) in [6, 6.07) is 14.9. The molecule has 0 bridgehead atoms. The lowest BCUT2D eigenvalue weighted by Crippen LogP contribution is -2.59. The summed E-state index contributed by atoms with van der Waals surface area (Å²) in [6.45, 7) is 0.939. The van der Waals surface area contributed by atoms with Gasteiger partial charge in [0.1, 0.15) is 23.3 Å². The van der Waals surface area contributed by atoms with Gasteiger partial charge in [-0.3, -0.25) is 24.3 Å². The summed E-state index contributed by atoms with van der Waals surface area (Å²) < 4.78 is 25.0. The number of halogens is 1. The highest BCUT2D eigenvalue weighted by atomic mass is 19.1. The minimum Gasteiger partial charge on any atom is -0.497 e. The Hall–Kier alpha value is -4.31. The van der Waals surface area contributed by atoms with Crippen LogP contribution < -0.4 is 10.1 Å². The SMILES string of the molecule is COc1cccc(C(=O)N2CCC3(CC2)OCC(C(=O)NCc2ccncc2)N3C(=O)c2ccc(F)cc2)c1. The molecule has 2 fully saturated rings. The van der Waals surface area contributed by atoms with Crippen LogP contribution in [0.5, 0.6) is 5.75 Å². The number of carbonyl (C=O) groups excluding carboxylic acids is 3. The highest BCUT2D eigenvalue weighted by Gasteiger charge is 2.54. The zero-order chi connectivity index (χ0) is 27.4. The Morgan fingerprint density at radius 2 is 1.74 bits per heavy atom. The summed E-state index contributed by atoms with van der Waals surface area (Å²) >= 11 is 0. The van der Waals surface area contributed by atoms with Gasteiger partial charge in [-0.05, 0) is 60.2 Å². The van der Waals surface area contributed by atoms with Crippen molar-refractivity contribution in [2.75, 3.05) is 26.8 Å². The molecule has 1 spiro atoms. The third kappa shape index (κ3) is 5.46. The Morgan fingerprint density at radius 1 is 1.03 bits per heavy atom. The minimum absolute atomic E-state index is 0.0128. The van der Waals surface area contributed by atoms with Crippen LogP contribution in [-0.2, 0) is 16.1 Å². The Bertz CT molecular complexity index is 1340. The molecule has 0 aliphatic carbocycles. The van der Waals surface area contributed by atoms with Crippen molar-refractivity contribution >= 4 is 17.7 Å². The number of rotatable bonds is 6. The second-order valence-corrected chi connectivity index (χ2v) is 9.55. The predicted molar refractivity (Wildman–Crippen MR) is 139 cm³/mol. The van der Waals surface area contributed by atoms with Gasteiger partial charge in [0.15, 0.2) is 0 Å². The van der Waals surface area contributed by atoms with Crippen LogP contribution in [0.15, 0.2) is 73.1 Å². The van der Waals surface area contributed by atoms with Crippen molar-refractivity contribution in [3.8, 4) is 5.75 Å². The van der Waals surface area contributed by atoms with E-state index >= 15 is 0 Å². The molecular weight excluding hydrogens is 503 g/mol. The zero-order valence-corrected chi connectivity index (χ0v) is 21.5. The third-order valence-electron chi connectivity index (χ3n) is 7.24. The van der Waals surface area contributed by atoms with E-state index in [1.54, 1.807) is 60.8 Å². The van der Waals surface area contributed by atoms with Crippen molar-refractivity contribution in [2.24, 2.45) is 0 Å². The number of piperidine rings is 1.